The number of nitrogens with two attached hydrogens (primary N) is 2. The zero-order chi connectivity index (χ0) is 13.1. The van der Waals surface area contributed by atoms with E-state index in [0.29, 0.717) is 13.1 Å². The lowest BCUT2D eigenvalue weighted by Crippen LogP contribution is -2.45. The summed E-state index contributed by atoms with van der Waals surface area (Å²) >= 11 is 0. The summed E-state index contributed by atoms with van der Waals surface area (Å²) in [4.78, 5) is 13.8. The molecule has 0 aliphatic carbocycles. The first-order valence-corrected chi connectivity index (χ1v) is 6.15. The number of anilines is 1. The minimum absolute atomic E-state index is 0.232. The standard InChI is InChI=1S/C13H19N3O2/c14-6-5-9-7-16(13(18)11(15)8-17)12-4-2-1-3-10(9)12/h1-4,9,11,17H,5-8,14-15H2/t9?,11-/m1/s1. The number of para-hydroxylation sites is 1. The molecule has 1 heterocycles. The summed E-state index contributed by atoms with van der Waals surface area (Å²) in [5.41, 5.74) is 13.2. The van der Waals surface area contributed by atoms with Crippen molar-refractivity contribution in [1.29, 1.82) is 0 Å². The molecule has 1 aliphatic rings. The van der Waals surface area contributed by atoms with Crippen molar-refractivity contribution in [2.75, 3.05) is 24.6 Å². The van der Waals surface area contributed by atoms with Gasteiger partial charge in [-0.25, -0.2) is 0 Å². The van der Waals surface area contributed by atoms with Gasteiger partial charge in [0, 0.05) is 18.2 Å². The zero-order valence-electron chi connectivity index (χ0n) is 10.2. The maximum atomic E-state index is 12.1. The second-order valence-electron chi connectivity index (χ2n) is 4.57. The van der Waals surface area contributed by atoms with Crippen LogP contribution in [0.25, 0.3) is 0 Å². The van der Waals surface area contributed by atoms with Crippen LogP contribution in [0.5, 0.6) is 0 Å². The van der Waals surface area contributed by atoms with Crippen LogP contribution in [0, 0.1) is 0 Å². The highest BCUT2D eigenvalue weighted by atomic mass is 16.3. The molecule has 2 rings (SSSR count). The fourth-order valence-electron chi connectivity index (χ4n) is 2.43. The number of hydrogen-bond acceptors (Lipinski definition) is 4. The molecule has 1 aromatic rings. The van der Waals surface area contributed by atoms with Gasteiger partial charge in [0.2, 0.25) is 5.91 Å². The van der Waals surface area contributed by atoms with Gasteiger partial charge in [-0.1, -0.05) is 18.2 Å². The number of carbonyl (C=O) groups is 1. The van der Waals surface area contributed by atoms with Crippen molar-refractivity contribution in [3.63, 3.8) is 0 Å². The van der Waals surface area contributed by atoms with Crippen molar-refractivity contribution in [1.82, 2.24) is 0 Å². The third kappa shape index (κ3) is 2.25. The molecule has 0 saturated carbocycles. The Morgan fingerprint density at radius 2 is 2.22 bits per heavy atom. The number of carbonyl (C=O) groups excluding carboxylic acids is 1. The Labute approximate surface area is 106 Å². The highest BCUT2D eigenvalue weighted by molar-refractivity contribution is 5.99. The van der Waals surface area contributed by atoms with Crippen LogP contribution in [0.2, 0.25) is 0 Å². The van der Waals surface area contributed by atoms with Crippen molar-refractivity contribution < 1.29 is 9.90 Å². The molecular weight excluding hydrogens is 230 g/mol. The maximum absolute atomic E-state index is 12.1. The van der Waals surface area contributed by atoms with Crippen LogP contribution in [0.15, 0.2) is 24.3 Å². The lowest BCUT2D eigenvalue weighted by atomic mass is 9.98. The number of nitrogens with zero attached hydrogens (tertiary/aromatic N) is 1. The Morgan fingerprint density at radius 3 is 2.89 bits per heavy atom. The number of amides is 1. The minimum atomic E-state index is -0.852. The van der Waals surface area contributed by atoms with Gasteiger partial charge in [0.15, 0.2) is 0 Å². The fraction of sp³-hybridized carbons (Fsp3) is 0.462. The lowest BCUT2D eigenvalue weighted by molar-refractivity contribution is -0.120. The van der Waals surface area contributed by atoms with Crippen molar-refractivity contribution >= 4 is 11.6 Å². The van der Waals surface area contributed by atoms with Gasteiger partial charge in [-0.05, 0) is 24.6 Å². The summed E-state index contributed by atoms with van der Waals surface area (Å²) < 4.78 is 0. The Kier molecular flexibility index (Phi) is 3.96. The maximum Gasteiger partial charge on any atom is 0.246 e. The quantitative estimate of drug-likeness (QED) is 0.688. The molecule has 1 aromatic carbocycles. The van der Waals surface area contributed by atoms with Gasteiger partial charge >= 0.3 is 0 Å². The van der Waals surface area contributed by atoms with E-state index in [9.17, 15) is 4.79 Å². The van der Waals surface area contributed by atoms with Crippen LogP contribution < -0.4 is 16.4 Å². The first-order valence-electron chi connectivity index (χ1n) is 6.15. The number of fused-ring (bicyclic) bond motifs is 1. The summed E-state index contributed by atoms with van der Waals surface area (Å²) in [6.45, 7) is 0.856. The number of hydrogen-bond donors (Lipinski definition) is 3. The molecule has 0 saturated heterocycles. The summed E-state index contributed by atoms with van der Waals surface area (Å²) in [7, 11) is 0. The predicted molar refractivity (Wildman–Crippen MR) is 70.3 cm³/mol. The molecule has 5 N–H and O–H groups in total. The third-order valence-electron chi connectivity index (χ3n) is 3.37. The van der Waals surface area contributed by atoms with E-state index >= 15 is 0 Å². The molecule has 0 bridgehead atoms. The second-order valence-corrected chi connectivity index (χ2v) is 4.57. The molecule has 5 heteroatoms. The normalized spacial score (nSPS) is 19.7. The first-order chi connectivity index (χ1) is 8.69. The summed E-state index contributed by atoms with van der Waals surface area (Å²) in [6.07, 6.45) is 0.842. The number of rotatable bonds is 4. The molecular formula is C13H19N3O2. The van der Waals surface area contributed by atoms with Crippen molar-refractivity contribution in [3.05, 3.63) is 29.8 Å². The molecule has 0 fully saturated rings. The fourth-order valence-corrected chi connectivity index (χ4v) is 2.43. The van der Waals surface area contributed by atoms with E-state index in [-0.39, 0.29) is 18.4 Å². The van der Waals surface area contributed by atoms with Gasteiger partial charge in [0.1, 0.15) is 6.04 Å². The highest BCUT2D eigenvalue weighted by Gasteiger charge is 2.33. The van der Waals surface area contributed by atoms with E-state index in [0.717, 1.165) is 17.7 Å². The lowest BCUT2D eigenvalue weighted by Gasteiger charge is -2.20. The van der Waals surface area contributed by atoms with Crippen LogP contribution in [0.3, 0.4) is 0 Å². The van der Waals surface area contributed by atoms with E-state index < -0.39 is 6.04 Å². The van der Waals surface area contributed by atoms with Gasteiger partial charge in [0.25, 0.3) is 0 Å². The van der Waals surface area contributed by atoms with E-state index in [4.69, 9.17) is 16.6 Å². The Balaban J connectivity index is 2.28. The van der Waals surface area contributed by atoms with Crippen molar-refractivity contribution in [3.8, 4) is 0 Å². The average Bonchev–Trinajstić information content (AvgIpc) is 2.77. The molecule has 2 atom stereocenters. The molecule has 5 nitrogen and oxygen atoms in total. The zero-order valence-corrected chi connectivity index (χ0v) is 10.2. The van der Waals surface area contributed by atoms with Crippen molar-refractivity contribution in [2.45, 2.75) is 18.4 Å². The molecule has 98 valence electrons. The average molecular weight is 249 g/mol. The van der Waals surface area contributed by atoms with Gasteiger partial charge in [0.05, 0.1) is 6.61 Å². The molecule has 1 amide bonds. The summed E-state index contributed by atoms with van der Waals surface area (Å²) in [5, 5.41) is 8.99. The van der Waals surface area contributed by atoms with E-state index in [1.54, 1.807) is 4.90 Å². The monoisotopic (exact) mass is 249 g/mol. The Morgan fingerprint density at radius 1 is 1.50 bits per heavy atom. The molecule has 18 heavy (non-hydrogen) atoms. The van der Waals surface area contributed by atoms with Crippen LogP contribution in [-0.4, -0.2) is 36.8 Å². The van der Waals surface area contributed by atoms with Gasteiger partial charge in [-0.15, -0.1) is 0 Å². The van der Waals surface area contributed by atoms with Gasteiger partial charge in [-0.3, -0.25) is 4.79 Å². The Hall–Kier alpha value is -1.43. The molecule has 1 unspecified atom stereocenters. The highest BCUT2D eigenvalue weighted by Crippen LogP contribution is 2.37. The van der Waals surface area contributed by atoms with E-state index in [1.165, 1.54) is 0 Å². The van der Waals surface area contributed by atoms with E-state index in [1.807, 2.05) is 24.3 Å². The van der Waals surface area contributed by atoms with Crippen LogP contribution >= 0.6 is 0 Å². The Bertz CT molecular complexity index is 436. The first kappa shape index (κ1) is 13.0. The predicted octanol–water partition coefficient (Wildman–Crippen LogP) is -0.215. The number of aliphatic hydroxyl groups is 1. The summed E-state index contributed by atoms with van der Waals surface area (Å²) in [5.74, 6) is 0.0329. The second kappa shape index (κ2) is 5.48. The van der Waals surface area contributed by atoms with Crippen LogP contribution in [0.1, 0.15) is 17.9 Å². The smallest absolute Gasteiger partial charge is 0.246 e. The van der Waals surface area contributed by atoms with E-state index in [2.05, 4.69) is 0 Å². The summed E-state index contributed by atoms with van der Waals surface area (Å²) in [6, 6.07) is 6.94. The number of benzene rings is 1. The SMILES string of the molecule is NCCC1CN(C(=O)[C@H](N)CO)c2ccccc21. The third-order valence-corrected chi connectivity index (χ3v) is 3.37. The van der Waals surface area contributed by atoms with Crippen LogP contribution in [0.4, 0.5) is 5.69 Å². The topological polar surface area (TPSA) is 92.6 Å². The number of aliphatic hydroxyl groups excluding tert-OH is 1. The minimum Gasteiger partial charge on any atom is -0.394 e. The van der Waals surface area contributed by atoms with Gasteiger partial charge in [-0.2, -0.15) is 0 Å². The molecule has 0 radical (unpaired) electrons. The van der Waals surface area contributed by atoms with Crippen molar-refractivity contribution in [2.24, 2.45) is 11.5 Å². The van der Waals surface area contributed by atoms with Gasteiger partial charge < -0.3 is 21.5 Å². The molecule has 1 aliphatic heterocycles. The largest absolute Gasteiger partial charge is 0.394 e. The van der Waals surface area contributed by atoms with Crippen LogP contribution in [-0.2, 0) is 4.79 Å². The molecule has 0 aromatic heterocycles. The molecule has 0 spiro atoms.